The second-order valence-electron chi connectivity index (χ2n) is 10.1. The molecular formula is C25H34F2N2O3. The van der Waals surface area contributed by atoms with Gasteiger partial charge >= 0.3 is 5.97 Å². The Hall–Kier alpha value is -1.99. The molecule has 0 amide bonds. The lowest BCUT2D eigenvalue weighted by atomic mass is 9.73. The highest BCUT2D eigenvalue weighted by Crippen LogP contribution is 2.51. The molecule has 0 N–H and O–H groups in total. The average Bonchev–Trinajstić information content (AvgIpc) is 3.06. The van der Waals surface area contributed by atoms with Crippen LogP contribution in [0.5, 0.6) is 0 Å². The van der Waals surface area contributed by atoms with E-state index in [0.717, 1.165) is 37.0 Å². The van der Waals surface area contributed by atoms with Crippen LogP contribution in [0.2, 0.25) is 0 Å². The molecule has 5 nitrogen and oxygen atoms in total. The van der Waals surface area contributed by atoms with Gasteiger partial charge in [-0.15, -0.1) is 0 Å². The number of esters is 1. The van der Waals surface area contributed by atoms with Gasteiger partial charge in [-0.1, -0.05) is 13.8 Å². The third-order valence-electron chi connectivity index (χ3n) is 6.92. The maximum absolute atomic E-state index is 15.3. The SMILES string of the molecule is COC(=O)c1ccc2c(c1)c1c(n2CCCN2CC(C)OC(C)C2)C(F)(F)CCC1(C)C. The Morgan fingerprint density at radius 2 is 1.84 bits per heavy atom. The predicted molar refractivity (Wildman–Crippen MR) is 120 cm³/mol. The van der Waals surface area contributed by atoms with Crippen molar-refractivity contribution >= 4 is 16.9 Å². The number of methoxy groups -OCH3 is 1. The van der Waals surface area contributed by atoms with Crippen LogP contribution in [0.25, 0.3) is 10.9 Å². The average molecular weight is 449 g/mol. The first kappa shape index (κ1) is 23.2. The van der Waals surface area contributed by atoms with Crippen LogP contribution in [0.4, 0.5) is 8.78 Å². The molecule has 2 aliphatic rings. The Bertz CT molecular complexity index is 1000. The lowest BCUT2D eigenvalue weighted by Gasteiger charge is -2.36. The van der Waals surface area contributed by atoms with Crippen molar-refractivity contribution in [1.82, 2.24) is 9.47 Å². The molecule has 2 unspecified atom stereocenters. The first-order valence-electron chi connectivity index (χ1n) is 11.5. The van der Waals surface area contributed by atoms with E-state index in [1.807, 2.05) is 13.8 Å². The van der Waals surface area contributed by atoms with Gasteiger partial charge in [0, 0.05) is 43.5 Å². The molecule has 1 saturated heterocycles. The third kappa shape index (κ3) is 4.17. The lowest BCUT2D eigenvalue weighted by Crippen LogP contribution is -2.45. The summed E-state index contributed by atoms with van der Waals surface area (Å²) >= 11 is 0. The molecule has 1 fully saturated rings. The van der Waals surface area contributed by atoms with Crippen LogP contribution in [0, 0.1) is 0 Å². The summed E-state index contributed by atoms with van der Waals surface area (Å²) in [6.45, 7) is 11.2. The first-order valence-corrected chi connectivity index (χ1v) is 11.5. The van der Waals surface area contributed by atoms with E-state index in [-0.39, 0.29) is 24.3 Å². The number of halogens is 2. The van der Waals surface area contributed by atoms with Crippen LogP contribution in [0.3, 0.4) is 0 Å². The molecule has 2 aromatic rings. The minimum Gasteiger partial charge on any atom is -0.465 e. The highest BCUT2D eigenvalue weighted by Gasteiger charge is 2.48. The molecule has 0 radical (unpaired) electrons. The van der Waals surface area contributed by atoms with E-state index < -0.39 is 17.3 Å². The van der Waals surface area contributed by atoms with Crippen molar-refractivity contribution in [3.05, 3.63) is 35.0 Å². The zero-order valence-corrected chi connectivity index (χ0v) is 19.7. The van der Waals surface area contributed by atoms with Crippen LogP contribution in [-0.4, -0.2) is 54.4 Å². The monoisotopic (exact) mass is 448 g/mol. The molecular weight excluding hydrogens is 414 g/mol. The molecule has 176 valence electrons. The van der Waals surface area contributed by atoms with Crippen molar-refractivity contribution in [2.24, 2.45) is 0 Å². The maximum atomic E-state index is 15.3. The zero-order valence-electron chi connectivity index (χ0n) is 19.7. The second-order valence-corrected chi connectivity index (χ2v) is 10.1. The number of alkyl halides is 2. The lowest BCUT2D eigenvalue weighted by molar-refractivity contribution is -0.0684. The predicted octanol–water partition coefficient (Wildman–Crippen LogP) is 5.09. The van der Waals surface area contributed by atoms with Crippen LogP contribution >= 0.6 is 0 Å². The molecule has 2 atom stereocenters. The van der Waals surface area contributed by atoms with Crippen molar-refractivity contribution in [1.29, 1.82) is 0 Å². The van der Waals surface area contributed by atoms with Gasteiger partial charge in [-0.3, -0.25) is 4.90 Å². The quantitative estimate of drug-likeness (QED) is 0.598. The molecule has 1 aliphatic heterocycles. The minimum atomic E-state index is -2.89. The number of aromatic nitrogens is 1. The fourth-order valence-electron chi connectivity index (χ4n) is 5.53. The molecule has 0 saturated carbocycles. The molecule has 0 spiro atoms. The molecule has 32 heavy (non-hydrogen) atoms. The van der Waals surface area contributed by atoms with E-state index in [2.05, 4.69) is 18.7 Å². The Morgan fingerprint density at radius 1 is 1.16 bits per heavy atom. The number of morpholine rings is 1. The summed E-state index contributed by atoms with van der Waals surface area (Å²) in [7, 11) is 1.33. The Kier molecular flexibility index (Phi) is 6.09. The number of aryl methyl sites for hydroxylation is 1. The van der Waals surface area contributed by atoms with E-state index in [9.17, 15) is 4.79 Å². The Morgan fingerprint density at radius 3 is 2.50 bits per heavy atom. The van der Waals surface area contributed by atoms with E-state index >= 15 is 8.78 Å². The molecule has 1 aromatic heterocycles. The van der Waals surface area contributed by atoms with Crippen molar-refractivity contribution in [3.63, 3.8) is 0 Å². The van der Waals surface area contributed by atoms with Gasteiger partial charge in [-0.05, 0) is 55.9 Å². The van der Waals surface area contributed by atoms with Gasteiger partial charge in [-0.2, -0.15) is 8.78 Å². The topological polar surface area (TPSA) is 43.7 Å². The van der Waals surface area contributed by atoms with Gasteiger partial charge in [-0.25, -0.2) is 4.79 Å². The largest absolute Gasteiger partial charge is 0.465 e. The van der Waals surface area contributed by atoms with E-state index in [4.69, 9.17) is 9.47 Å². The number of carbonyl (C=O) groups excluding carboxylic acids is 1. The van der Waals surface area contributed by atoms with Crippen molar-refractivity contribution < 1.29 is 23.0 Å². The highest BCUT2D eigenvalue weighted by atomic mass is 19.3. The van der Waals surface area contributed by atoms with Crippen LogP contribution in [-0.2, 0) is 27.4 Å². The number of hydrogen-bond acceptors (Lipinski definition) is 4. The minimum absolute atomic E-state index is 0.120. The van der Waals surface area contributed by atoms with Crippen LogP contribution in [0.1, 0.15) is 68.6 Å². The number of benzene rings is 1. The molecule has 7 heteroatoms. The fourth-order valence-corrected chi connectivity index (χ4v) is 5.53. The number of rotatable bonds is 5. The normalized spacial score (nSPS) is 25.0. The molecule has 2 heterocycles. The summed E-state index contributed by atoms with van der Waals surface area (Å²) in [5, 5.41) is 0.737. The van der Waals surface area contributed by atoms with Crippen molar-refractivity contribution in [2.75, 3.05) is 26.7 Å². The van der Waals surface area contributed by atoms with Crippen molar-refractivity contribution in [2.45, 2.75) is 77.0 Å². The number of fused-ring (bicyclic) bond motifs is 3. The van der Waals surface area contributed by atoms with Gasteiger partial charge in [0.1, 0.15) is 0 Å². The first-order chi connectivity index (χ1) is 15.0. The zero-order chi connectivity index (χ0) is 23.3. The van der Waals surface area contributed by atoms with E-state index in [1.165, 1.54) is 7.11 Å². The maximum Gasteiger partial charge on any atom is 0.337 e. The summed E-state index contributed by atoms with van der Waals surface area (Å²) < 4.78 is 43.1. The fraction of sp³-hybridized carbons (Fsp3) is 0.640. The van der Waals surface area contributed by atoms with Gasteiger partial charge in [0.15, 0.2) is 0 Å². The second kappa shape index (κ2) is 8.41. The number of ether oxygens (including phenoxy) is 2. The highest BCUT2D eigenvalue weighted by molar-refractivity contribution is 5.97. The number of hydrogen-bond donors (Lipinski definition) is 0. The smallest absolute Gasteiger partial charge is 0.337 e. The van der Waals surface area contributed by atoms with Crippen LogP contribution < -0.4 is 0 Å². The summed E-state index contributed by atoms with van der Waals surface area (Å²) in [4.78, 5) is 14.5. The van der Waals surface area contributed by atoms with Gasteiger partial charge in [0.2, 0.25) is 0 Å². The van der Waals surface area contributed by atoms with E-state index in [0.29, 0.717) is 24.1 Å². The van der Waals surface area contributed by atoms with Crippen LogP contribution in [0.15, 0.2) is 18.2 Å². The third-order valence-corrected chi connectivity index (χ3v) is 6.92. The van der Waals surface area contributed by atoms with Gasteiger partial charge in [0.25, 0.3) is 5.92 Å². The Balaban J connectivity index is 1.72. The summed E-state index contributed by atoms with van der Waals surface area (Å²) in [5.41, 5.74) is 1.55. The number of carbonyl (C=O) groups is 1. The van der Waals surface area contributed by atoms with Gasteiger partial charge in [0.05, 0.1) is 30.6 Å². The molecule has 0 bridgehead atoms. The Labute approximate surface area is 188 Å². The van der Waals surface area contributed by atoms with E-state index in [1.54, 1.807) is 22.8 Å². The summed E-state index contributed by atoms with van der Waals surface area (Å²) in [6.07, 6.45) is 1.37. The summed E-state index contributed by atoms with van der Waals surface area (Å²) in [6, 6.07) is 5.20. The van der Waals surface area contributed by atoms with Crippen molar-refractivity contribution in [3.8, 4) is 0 Å². The molecule has 1 aromatic carbocycles. The summed E-state index contributed by atoms with van der Waals surface area (Å²) in [5.74, 6) is -3.35. The standard InChI is InChI=1S/C25H34F2N2O3/c1-16-14-28(15-17(2)32-16)11-6-12-29-20-8-7-18(23(30)31-5)13-19(20)21-22(29)25(26,27)10-9-24(21,3)4/h7-8,13,16-17H,6,9-12,14-15H2,1-5H3. The van der Waals surface area contributed by atoms with Gasteiger partial charge < -0.3 is 14.0 Å². The number of nitrogens with zero attached hydrogens (tertiary/aromatic N) is 2. The molecule has 1 aliphatic carbocycles. The molecule has 4 rings (SSSR count).